The third kappa shape index (κ3) is 4.87. The normalized spacial score (nSPS) is 24.1. The molecule has 1 atom stereocenters. The third-order valence-corrected chi connectivity index (χ3v) is 6.04. The van der Waals surface area contributed by atoms with Gasteiger partial charge in [-0.3, -0.25) is 4.99 Å². The van der Waals surface area contributed by atoms with Gasteiger partial charge in [0.05, 0.1) is 0 Å². The maximum atomic E-state index is 7.00. The number of nitrogens with one attached hydrogen (secondary N) is 1. The van der Waals surface area contributed by atoms with E-state index in [1.807, 2.05) is 19.2 Å². The van der Waals surface area contributed by atoms with Gasteiger partial charge >= 0.3 is 0 Å². The largest absolute Gasteiger partial charge is 0.400 e. The lowest BCUT2D eigenvalue weighted by atomic mass is 9.77. The van der Waals surface area contributed by atoms with Crippen molar-refractivity contribution in [1.82, 2.24) is 10.4 Å². The number of aliphatic hydroxyl groups excluding tert-OH is 1. The number of aliphatic imine (C=N–C) groups is 1. The summed E-state index contributed by atoms with van der Waals surface area (Å²) >= 11 is 0. The quantitative estimate of drug-likeness (QED) is 0.702. The molecule has 158 valence electrons. The van der Waals surface area contributed by atoms with E-state index in [0.29, 0.717) is 5.92 Å². The minimum absolute atomic E-state index is 0.475. The molecule has 0 amide bonds. The Morgan fingerprint density at radius 1 is 1.21 bits per heavy atom. The van der Waals surface area contributed by atoms with Gasteiger partial charge in [0.1, 0.15) is 0 Å². The zero-order valence-corrected chi connectivity index (χ0v) is 18.4. The number of aryl methyl sites for hydroxylation is 2. The molecule has 0 radical (unpaired) electrons. The summed E-state index contributed by atoms with van der Waals surface area (Å²) in [5.41, 5.74) is 3.54. The summed E-state index contributed by atoms with van der Waals surface area (Å²) in [6.45, 7) is 4.47. The summed E-state index contributed by atoms with van der Waals surface area (Å²) in [6.07, 6.45) is 11.3. The van der Waals surface area contributed by atoms with Crippen molar-refractivity contribution in [3.63, 3.8) is 0 Å². The second-order valence-corrected chi connectivity index (χ2v) is 7.94. The monoisotopic (exact) mass is 389 g/mol. The molecule has 1 aliphatic carbocycles. The molecule has 3 rings (SSSR count). The Balaban J connectivity index is 0.00000136. The van der Waals surface area contributed by atoms with Gasteiger partial charge in [0, 0.05) is 32.7 Å². The fourth-order valence-corrected chi connectivity index (χ4v) is 4.55. The Morgan fingerprint density at radius 3 is 2.54 bits per heavy atom. The predicted molar refractivity (Wildman–Crippen MR) is 116 cm³/mol. The highest BCUT2D eigenvalue weighted by Gasteiger charge is 2.50. The molecule has 0 bridgehead atoms. The van der Waals surface area contributed by atoms with Gasteiger partial charge in [0.2, 0.25) is 5.96 Å². The molecule has 0 aromatic heterocycles. The summed E-state index contributed by atoms with van der Waals surface area (Å²) < 4.78 is 0. The average molecular weight is 390 g/mol. The number of hydrogen-bond donors (Lipinski definition) is 2. The molecule has 5 heteroatoms. The summed E-state index contributed by atoms with van der Waals surface area (Å²) in [7, 11) is 4.79. The number of hydrogen-bond acceptors (Lipinski definition) is 3. The van der Waals surface area contributed by atoms with Crippen molar-refractivity contribution < 1.29 is 9.94 Å². The van der Waals surface area contributed by atoms with Crippen LogP contribution in [0.25, 0.3) is 0 Å². The maximum absolute atomic E-state index is 7.00. The Hall–Kier alpha value is -1.59. The fourth-order valence-electron chi connectivity index (χ4n) is 4.55. The first-order chi connectivity index (χ1) is 13.6. The molecule has 1 saturated carbocycles. The summed E-state index contributed by atoms with van der Waals surface area (Å²) in [5, 5.41) is 12.5. The number of unbranched alkanes of at least 4 members (excludes halogenated alkanes) is 2. The van der Waals surface area contributed by atoms with Crippen LogP contribution in [-0.4, -0.2) is 37.3 Å². The van der Waals surface area contributed by atoms with Crippen molar-refractivity contribution in [3.8, 4) is 0 Å². The highest BCUT2D eigenvalue weighted by molar-refractivity contribution is 5.81. The van der Waals surface area contributed by atoms with E-state index < -0.39 is 5.72 Å². The number of hydroxylamine groups is 2. The zero-order valence-electron chi connectivity index (χ0n) is 18.4. The molecule has 0 spiro atoms. The molecule has 28 heavy (non-hydrogen) atoms. The van der Waals surface area contributed by atoms with E-state index in [-0.39, 0.29) is 0 Å². The first-order valence-electron chi connectivity index (χ1n) is 10.8. The first-order valence-corrected chi connectivity index (χ1v) is 10.8. The molecule has 2 aliphatic rings. The average Bonchev–Trinajstić information content (AvgIpc) is 3.09. The van der Waals surface area contributed by atoms with Gasteiger partial charge in [-0.25, -0.2) is 9.90 Å². The SMILES string of the molecule is CCCCCc1ccc(C)c(C2(C3CCCCC3)NC(=NC)N(C)O2)c1.CO. The Kier molecular flexibility index (Phi) is 8.77. The molecule has 1 aromatic carbocycles. The van der Waals surface area contributed by atoms with Crippen molar-refractivity contribution >= 4 is 5.96 Å². The molecule has 1 aromatic rings. The van der Waals surface area contributed by atoms with Crippen LogP contribution in [0.15, 0.2) is 23.2 Å². The van der Waals surface area contributed by atoms with E-state index in [2.05, 4.69) is 42.4 Å². The lowest BCUT2D eigenvalue weighted by molar-refractivity contribution is -0.202. The number of rotatable bonds is 6. The van der Waals surface area contributed by atoms with E-state index in [1.165, 1.54) is 68.1 Å². The highest BCUT2D eigenvalue weighted by atomic mass is 16.7. The van der Waals surface area contributed by atoms with Crippen LogP contribution < -0.4 is 5.32 Å². The van der Waals surface area contributed by atoms with Crippen molar-refractivity contribution in [2.45, 2.75) is 77.4 Å². The lowest BCUT2D eigenvalue weighted by Gasteiger charge is -2.39. The van der Waals surface area contributed by atoms with Crippen LogP contribution in [0, 0.1) is 12.8 Å². The Morgan fingerprint density at radius 2 is 1.93 bits per heavy atom. The minimum atomic E-state index is -0.477. The number of guanidine groups is 1. The molecule has 1 unspecified atom stereocenters. The van der Waals surface area contributed by atoms with Crippen LogP contribution in [0.4, 0.5) is 0 Å². The van der Waals surface area contributed by atoms with Crippen LogP contribution >= 0.6 is 0 Å². The van der Waals surface area contributed by atoms with Gasteiger partial charge in [-0.2, -0.15) is 0 Å². The first kappa shape index (κ1) is 22.7. The molecule has 2 N–H and O–H groups in total. The summed E-state index contributed by atoms with van der Waals surface area (Å²) in [5.74, 6) is 1.30. The smallest absolute Gasteiger partial charge is 0.220 e. The fraction of sp³-hybridized carbons (Fsp3) is 0.696. The van der Waals surface area contributed by atoms with Crippen molar-refractivity contribution in [2.75, 3.05) is 21.2 Å². The van der Waals surface area contributed by atoms with E-state index in [9.17, 15) is 0 Å². The van der Waals surface area contributed by atoms with Crippen molar-refractivity contribution in [1.29, 1.82) is 0 Å². The summed E-state index contributed by atoms with van der Waals surface area (Å²) in [4.78, 5) is 10.9. The Labute approximate surface area is 171 Å². The minimum Gasteiger partial charge on any atom is -0.400 e. The van der Waals surface area contributed by atoms with Crippen LogP contribution in [0.3, 0.4) is 0 Å². The van der Waals surface area contributed by atoms with Crippen molar-refractivity contribution in [2.24, 2.45) is 10.9 Å². The molecular formula is C23H39N3O2. The van der Waals surface area contributed by atoms with E-state index >= 15 is 0 Å². The van der Waals surface area contributed by atoms with Gasteiger partial charge in [-0.05, 0) is 43.7 Å². The standard InChI is InChI=1S/C22H35N3O.CH4O/c1-5-6-8-11-18-15-14-17(2)20(16-18)22(19-12-9-7-10-13-19)24-21(23-3)25(4)26-22;1-2/h14-16,19H,5-13H2,1-4H3,(H,23,24);2H,1H3. The van der Waals surface area contributed by atoms with Gasteiger partial charge in [-0.1, -0.05) is 57.2 Å². The van der Waals surface area contributed by atoms with Crippen LogP contribution in [0.2, 0.25) is 0 Å². The molecule has 1 heterocycles. The molecular weight excluding hydrogens is 350 g/mol. The van der Waals surface area contributed by atoms with Gasteiger partial charge in [-0.15, -0.1) is 0 Å². The van der Waals surface area contributed by atoms with Crippen LogP contribution in [-0.2, 0) is 17.0 Å². The van der Waals surface area contributed by atoms with E-state index in [0.717, 1.165) is 19.5 Å². The number of aliphatic hydroxyl groups is 1. The zero-order chi connectivity index (χ0) is 20.6. The highest BCUT2D eigenvalue weighted by Crippen LogP contribution is 2.44. The molecule has 5 nitrogen and oxygen atoms in total. The third-order valence-electron chi connectivity index (χ3n) is 6.04. The van der Waals surface area contributed by atoms with Crippen LogP contribution in [0.1, 0.15) is 75.0 Å². The second-order valence-electron chi connectivity index (χ2n) is 7.94. The molecule has 1 saturated heterocycles. The number of benzene rings is 1. The topological polar surface area (TPSA) is 57.1 Å². The van der Waals surface area contributed by atoms with Gasteiger partial charge in [0.25, 0.3) is 0 Å². The lowest BCUT2D eigenvalue weighted by Crippen LogP contribution is -2.47. The molecule has 1 aliphatic heterocycles. The van der Waals surface area contributed by atoms with Gasteiger partial charge < -0.3 is 10.4 Å². The number of nitrogens with zero attached hydrogens (tertiary/aromatic N) is 2. The van der Waals surface area contributed by atoms with Crippen LogP contribution in [0.5, 0.6) is 0 Å². The summed E-state index contributed by atoms with van der Waals surface area (Å²) in [6, 6.07) is 6.95. The maximum Gasteiger partial charge on any atom is 0.220 e. The van der Waals surface area contributed by atoms with Gasteiger partial charge in [0.15, 0.2) is 5.72 Å². The predicted octanol–water partition coefficient (Wildman–Crippen LogP) is 4.52. The Bertz CT molecular complexity index is 641. The van der Waals surface area contributed by atoms with E-state index in [4.69, 9.17) is 9.94 Å². The van der Waals surface area contributed by atoms with E-state index in [1.54, 1.807) is 0 Å². The van der Waals surface area contributed by atoms with Crippen molar-refractivity contribution in [3.05, 3.63) is 34.9 Å². The molecule has 2 fully saturated rings. The second kappa shape index (κ2) is 10.8.